The lowest BCUT2D eigenvalue weighted by molar-refractivity contribution is -0.297. The molecule has 4 heterocycles. The van der Waals surface area contributed by atoms with Crippen LogP contribution in [0.2, 0.25) is 0 Å². The Hall–Kier alpha value is -2.90. The number of benzene rings is 2. The third kappa shape index (κ3) is 14.3. The third-order valence-corrected chi connectivity index (χ3v) is 10.5. The highest BCUT2D eigenvalue weighted by Gasteiger charge is 2.43. The molecule has 4 aliphatic heterocycles. The molecule has 0 bridgehead atoms. The molecule has 6 rings (SSSR count). The van der Waals surface area contributed by atoms with Gasteiger partial charge in [-0.15, -0.1) is 0 Å². The van der Waals surface area contributed by atoms with Crippen LogP contribution in [0.3, 0.4) is 0 Å². The van der Waals surface area contributed by atoms with Crippen molar-refractivity contribution in [2.75, 3.05) is 107 Å². The van der Waals surface area contributed by atoms with E-state index in [1.807, 2.05) is 89.2 Å². The molecule has 0 spiro atoms. The summed E-state index contributed by atoms with van der Waals surface area (Å²) in [5.74, 6) is 1.42. The van der Waals surface area contributed by atoms with Crippen LogP contribution >= 0.6 is 0 Å². The number of hydrogen-bond acceptors (Lipinski definition) is 15. The van der Waals surface area contributed by atoms with Crippen LogP contribution in [-0.4, -0.2) is 150 Å². The van der Waals surface area contributed by atoms with Gasteiger partial charge in [-0.1, -0.05) is 24.3 Å². The van der Waals surface area contributed by atoms with Crippen LogP contribution in [0.1, 0.15) is 45.7 Å². The fraction of sp³-hybridized carbons (Fsp3) is 0.682. The Balaban J connectivity index is 1.14. The Labute approximate surface area is 348 Å². The monoisotopic (exact) mass is 832 g/mol. The molecular formula is C44H64O15. The van der Waals surface area contributed by atoms with E-state index in [9.17, 15) is 0 Å². The fourth-order valence-corrected chi connectivity index (χ4v) is 6.63. The molecule has 0 N–H and O–H groups in total. The van der Waals surface area contributed by atoms with Crippen LogP contribution in [0.5, 0.6) is 17.2 Å². The molecule has 0 aliphatic carbocycles. The topological polar surface area (TPSA) is 138 Å². The Morgan fingerprint density at radius 3 is 1.46 bits per heavy atom. The lowest BCUT2D eigenvalue weighted by Crippen LogP contribution is -2.53. The quantitative estimate of drug-likeness (QED) is 0.158. The first kappa shape index (κ1) is 45.6. The highest BCUT2D eigenvalue weighted by molar-refractivity contribution is 5.71. The molecule has 0 radical (unpaired) electrons. The maximum atomic E-state index is 6.70. The van der Waals surface area contributed by atoms with Gasteiger partial charge in [-0.05, 0) is 70.0 Å². The van der Waals surface area contributed by atoms with E-state index < -0.39 is 16.6 Å². The van der Waals surface area contributed by atoms with Crippen molar-refractivity contribution >= 4 is 12.2 Å². The molecule has 15 nitrogen and oxygen atoms in total. The summed E-state index contributed by atoms with van der Waals surface area (Å²) in [4.78, 5) is 0. The fourth-order valence-electron chi connectivity index (χ4n) is 6.63. The molecule has 0 aromatic heterocycles. The third-order valence-electron chi connectivity index (χ3n) is 10.5. The van der Waals surface area contributed by atoms with E-state index >= 15 is 0 Å². The van der Waals surface area contributed by atoms with Crippen molar-refractivity contribution in [1.29, 1.82) is 0 Å². The number of methoxy groups -OCH3 is 2. The van der Waals surface area contributed by atoms with Crippen LogP contribution < -0.4 is 14.2 Å². The average Bonchev–Trinajstić information content (AvgIpc) is 3.25. The maximum absolute atomic E-state index is 6.70. The second-order valence-corrected chi connectivity index (χ2v) is 16.3. The molecular weight excluding hydrogens is 768 g/mol. The van der Waals surface area contributed by atoms with Gasteiger partial charge < -0.3 is 71.1 Å². The average molecular weight is 833 g/mol. The van der Waals surface area contributed by atoms with Gasteiger partial charge in [-0.3, -0.25) is 0 Å². The van der Waals surface area contributed by atoms with Crippen molar-refractivity contribution < 1.29 is 71.1 Å². The second-order valence-electron chi connectivity index (χ2n) is 16.3. The molecule has 0 amide bonds. The Kier molecular flexibility index (Phi) is 16.8. The predicted octanol–water partition coefficient (Wildman–Crippen LogP) is 5.36. The maximum Gasteiger partial charge on any atom is 0.162 e. The van der Waals surface area contributed by atoms with Crippen molar-refractivity contribution in [3.05, 3.63) is 53.6 Å². The zero-order valence-corrected chi connectivity index (χ0v) is 35.7. The van der Waals surface area contributed by atoms with Crippen molar-refractivity contribution in [2.24, 2.45) is 10.8 Å². The number of rotatable bonds is 20. The second kappa shape index (κ2) is 21.8. The van der Waals surface area contributed by atoms with E-state index in [0.717, 1.165) is 22.6 Å². The summed E-state index contributed by atoms with van der Waals surface area (Å²) in [5, 5.41) is 0. The Bertz CT molecular complexity index is 1460. The van der Waals surface area contributed by atoms with Gasteiger partial charge in [0.1, 0.15) is 42.2 Å². The van der Waals surface area contributed by atoms with Crippen molar-refractivity contribution in [1.82, 2.24) is 0 Å². The molecule has 59 heavy (non-hydrogen) atoms. The van der Waals surface area contributed by atoms with E-state index in [4.69, 9.17) is 71.1 Å². The molecule has 4 saturated heterocycles. The molecule has 4 fully saturated rings. The van der Waals surface area contributed by atoms with Crippen LogP contribution in [-0.2, 0) is 56.8 Å². The van der Waals surface area contributed by atoms with Gasteiger partial charge in [-0.2, -0.15) is 0 Å². The predicted molar refractivity (Wildman–Crippen MR) is 215 cm³/mol. The summed E-state index contributed by atoms with van der Waals surface area (Å²) in [7, 11) is 3.27. The molecule has 15 heteroatoms. The lowest BCUT2D eigenvalue weighted by atomic mass is 9.89. The van der Waals surface area contributed by atoms with Crippen molar-refractivity contribution in [3.8, 4) is 17.2 Å². The van der Waals surface area contributed by atoms with Crippen LogP contribution in [0.15, 0.2) is 42.5 Å². The SMILES string of the molecule is COc1cc(/C=C/c2ccc(OCC3(COCC(COC4COC(C)OC4)(COC4COC(C)OC4)COC4COC(C)OC4)COC(C)(C)OC3)cc2)cc(OC)c1. The molecule has 330 valence electrons. The normalized spacial score (nSPS) is 28.2. The van der Waals surface area contributed by atoms with Gasteiger partial charge in [-0.25, -0.2) is 0 Å². The number of hydrogen-bond donors (Lipinski definition) is 0. The Morgan fingerprint density at radius 2 is 1.02 bits per heavy atom. The summed E-state index contributed by atoms with van der Waals surface area (Å²) in [6.07, 6.45) is 2.36. The first-order valence-electron chi connectivity index (χ1n) is 20.5. The summed E-state index contributed by atoms with van der Waals surface area (Å²) in [5.41, 5.74) is 0.570. The summed E-state index contributed by atoms with van der Waals surface area (Å²) in [6, 6.07) is 13.7. The van der Waals surface area contributed by atoms with Gasteiger partial charge in [0.15, 0.2) is 24.7 Å². The molecule has 2 aromatic carbocycles. The van der Waals surface area contributed by atoms with Crippen molar-refractivity contribution in [3.63, 3.8) is 0 Å². The molecule has 0 saturated carbocycles. The molecule has 4 aliphatic rings. The highest BCUT2D eigenvalue weighted by Crippen LogP contribution is 2.33. The van der Waals surface area contributed by atoms with Gasteiger partial charge >= 0.3 is 0 Å². The zero-order valence-electron chi connectivity index (χ0n) is 35.7. The minimum absolute atomic E-state index is 0.221. The molecule has 0 unspecified atom stereocenters. The minimum Gasteiger partial charge on any atom is -0.497 e. The largest absolute Gasteiger partial charge is 0.497 e. The van der Waals surface area contributed by atoms with Crippen molar-refractivity contribution in [2.45, 2.75) is 77.6 Å². The first-order chi connectivity index (χ1) is 28.4. The smallest absolute Gasteiger partial charge is 0.162 e. The van der Waals surface area contributed by atoms with E-state index in [2.05, 4.69) is 0 Å². The number of ether oxygens (including phenoxy) is 15. The van der Waals surface area contributed by atoms with E-state index in [-0.39, 0.29) is 76.8 Å². The molecule has 0 atom stereocenters. The van der Waals surface area contributed by atoms with Crippen LogP contribution in [0.25, 0.3) is 12.2 Å². The van der Waals surface area contributed by atoms with E-state index in [1.54, 1.807) is 14.2 Å². The lowest BCUT2D eigenvalue weighted by Gasteiger charge is -2.44. The minimum atomic E-state index is -0.772. The standard InChI is InChI=1S/C44H64O15/c1-31-48-17-39(18-49-31)55-25-43(26-56-40-19-50-32(2)51-20-40,27-57-41-21-52-33(3)53-22-41)23-47-24-44(29-58-42(4,5)59-30-44)28-54-36-12-10-34(11-13-36)8-9-35-14-37(45-6)16-38(15-35)46-7/h8-16,31-33,39-41H,17-30H2,1-7H3/b9-8+. The highest BCUT2D eigenvalue weighted by atomic mass is 16.7. The summed E-state index contributed by atoms with van der Waals surface area (Å²) >= 11 is 0. The van der Waals surface area contributed by atoms with Gasteiger partial charge in [0.25, 0.3) is 0 Å². The van der Waals surface area contributed by atoms with Gasteiger partial charge in [0.2, 0.25) is 0 Å². The summed E-state index contributed by atoms with van der Waals surface area (Å²) in [6.45, 7) is 14.1. The molecule has 2 aromatic rings. The van der Waals surface area contributed by atoms with Gasteiger partial charge in [0, 0.05) is 6.07 Å². The van der Waals surface area contributed by atoms with Crippen LogP contribution in [0.4, 0.5) is 0 Å². The van der Waals surface area contributed by atoms with E-state index in [1.165, 1.54) is 0 Å². The van der Waals surface area contributed by atoms with E-state index in [0.29, 0.717) is 58.6 Å². The summed E-state index contributed by atoms with van der Waals surface area (Å²) < 4.78 is 90.2. The zero-order chi connectivity index (χ0) is 41.7. The van der Waals surface area contributed by atoms with Gasteiger partial charge in [0.05, 0.1) is 111 Å². The Morgan fingerprint density at radius 1 is 0.576 bits per heavy atom. The van der Waals surface area contributed by atoms with Crippen LogP contribution in [0, 0.1) is 10.8 Å². The first-order valence-corrected chi connectivity index (χ1v) is 20.5.